The molecule has 0 radical (unpaired) electrons. The van der Waals surface area contributed by atoms with E-state index in [-0.39, 0.29) is 35.6 Å². The molecule has 3 N–H and O–H groups in total. The van der Waals surface area contributed by atoms with Crippen molar-refractivity contribution in [1.82, 2.24) is 9.69 Å². The van der Waals surface area contributed by atoms with E-state index in [4.69, 9.17) is 10.5 Å². The lowest BCUT2D eigenvalue weighted by molar-refractivity contribution is 0.0949. The average molecular weight is 335 g/mol. The largest absolute Gasteiger partial charge is 0.472 e. The number of nitrogens with zero attached hydrogens (tertiary/aromatic N) is 1. The molecule has 8 heteroatoms. The van der Waals surface area contributed by atoms with Gasteiger partial charge in [0.05, 0.1) is 0 Å². The van der Waals surface area contributed by atoms with Crippen molar-refractivity contribution in [3.63, 3.8) is 0 Å². The summed E-state index contributed by atoms with van der Waals surface area (Å²) in [7, 11) is 0. The van der Waals surface area contributed by atoms with Crippen LogP contribution in [0.1, 0.15) is 39.1 Å². The van der Waals surface area contributed by atoms with Gasteiger partial charge in [0.25, 0.3) is 11.8 Å². The number of ether oxygens (including phenoxy) is 1. The summed E-state index contributed by atoms with van der Waals surface area (Å²) in [6.45, 7) is -0.152. The zero-order valence-electron chi connectivity index (χ0n) is 12.0. The molecule has 0 bridgehead atoms. The van der Waals surface area contributed by atoms with Crippen LogP contribution in [-0.4, -0.2) is 22.2 Å². The number of halogens is 1. The number of amides is 2. The van der Waals surface area contributed by atoms with Crippen LogP contribution in [0.5, 0.6) is 5.88 Å². The minimum Gasteiger partial charge on any atom is -0.472 e. The van der Waals surface area contributed by atoms with Crippen LogP contribution in [0.3, 0.4) is 0 Å². The Hall–Kier alpha value is -2.48. The number of hydrogen-bond donors (Lipinski definition) is 2. The first kappa shape index (κ1) is 15.4. The first-order chi connectivity index (χ1) is 11.0. The van der Waals surface area contributed by atoms with Gasteiger partial charge in [-0.05, 0) is 42.6 Å². The fourth-order valence-corrected chi connectivity index (χ4v) is 2.59. The smallest absolute Gasteiger partial charge is 0.255 e. The predicted molar refractivity (Wildman–Crippen MR) is 81.9 cm³/mol. The topological polar surface area (TPSA) is 94.3 Å². The standard InChI is InChI=1S/C15H14FN3O3S/c16-12-4-1-8(14(21)18-10-2-3-10)5-9(12)6-22-15-11(13(17)20)7-23-19-15/h1,4-5,7,10H,2-3,6H2,(H2,17,20)(H,18,21). The van der Waals surface area contributed by atoms with Crippen LogP contribution in [0, 0.1) is 5.82 Å². The van der Waals surface area contributed by atoms with E-state index in [1.807, 2.05) is 0 Å². The van der Waals surface area contributed by atoms with Crippen LogP contribution in [0.15, 0.2) is 23.6 Å². The highest BCUT2D eigenvalue weighted by Crippen LogP contribution is 2.22. The molecule has 1 heterocycles. The molecule has 2 amide bonds. The lowest BCUT2D eigenvalue weighted by atomic mass is 10.1. The highest BCUT2D eigenvalue weighted by atomic mass is 32.1. The number of benzene rings is 1. The minimum absolute atomic E-state index is 0.0646. The zero-order chi connectivity index (χ0) is 16.4. The molecule has 1 aliphatic rings. The first-order valence-corrected chi connectivity index (χ1v) is 7.84. The van der Waals surface area contributed by atoms with Crippen LogP contribution in [-0.2, 0) is 6.61 Å². The van der Waals surface area contributed by atoms with Crippen LogP contribution >= 0.6 is 11.5 Å². The fourth-order valence-electron chi connectivity index (χ4n) is 1.96. The molecule has 0 atom stereocenters. The summed E-state index contributed by atoms with van der Waals surface area (Å²) in [5, 5.41) is 4.30. The Morgan fingerprint density at radius 2 is 2.22 bits per heavy atom. The second-order valence-corrected chi connectivity index (χ2v) is 5.87. The van der Waals surface area contributed by atoms with Gasteiger partial charge in [0, 0.05) is 22.5 Å². The second kappa shape index (κ2) is 6.33. The molecule has 1 saturated carbocycles. The second-order valence-electron chi connectivity index (χ2n) is 5.24. The molecule has 1 aliphatic carbocycles. The molecule has 3 rings (SSSR count). The molecule has 6 nitrogen and oxygen atoms in total. The van der Waals surface area contributed by atoms with E-state index in [1.165, 1.54) is 23.6 Å². The van der Waals surface area contributed by atoms with Crippen molar-refractivity contribution < 1.29 is 18.7 Å². The van der Waals surface area contributed by atoms with Gasteiger partial charge in [-0.1, -0.05) is 0 Å². The average Bonchev–Trinajstić information content (AvgIpc) is 3.20. The molecule has 0 unspecified atom stereocenters. The number of aromatic nitrogens is 1. The monoisotopic (exact) mass is 335 g/mol. The zero-order valence-corrected chi connectivity index (χ0v) is 12.9. The summed E-state index contributed by atoms with van der Waals surface area (Å²) in [6.07, 6.45) is 1.95. The van der Waals surface area contributed by atoms with Crippen molar-refractivity contribution in [2.75, 3.05) is 0 Å². The van der Waals surface area contributed by atoms with Gasteiger partial charge in [0.1, 0.15) is 18.0 Å². The summed E-state index contributed by atoms with van der Waals surface area (Å²) in [5.41, 5.74) is 5.92. The molecule has 23 heavy (non-hydrogen) atoms. The summed E-state index contributed by atoms with van der Waals surface area (Å²) in [4.78, 5) is 23.2. The number of rotatable bonds is 6. The van der Waals surface area contributed by atoms with Crippen LogP contribution < -0.4 is 15.8 Å². The van der Waals surface area contributed by atoms with Gasteiger partial charge in [0.2, 0.25) is 5.88 Å². The van der Waals surface area contributed by atoms with Gasteiger partial charge in [-0.25, -0.2) is 4.39 Å². The van der Waals surface area contributed by atoms with Crippen LogP contribution in [0.2, 0.25) is 0 Å². The number of nitrogens with one attached hydrogen (secondary N) is 1. The van der Waals surface area contributed by atoms with Gasteiger partial charge in [-0.2, -0.15) is 4.37 Å². The lowest BCUT2D eigenvalue weighted by Gasteiger charge is -2.08. The number of carbonyl (C=O) groups excluding carboxylic acids is 2. The summed E-state index contributed by atoms with van der Waals surface area (Å²) >= 11 is 1.02. The van der Waals surface area contributed by atoms with Gasteiger partial charge in [0.15, 0.2) is 0 Å². The third-order valence-corrected chi connectivity index (χ3v) is 4.00. The Kier molecular flexibility index (Phi) is 4.24. The Morgan fingerprint density at radius 3 is 2.91 bits per heavy atom. The van der Waals surface area contributed by atoms with Crippen molar-refractivity contribution in [3.05, 3.63) is 46.1 Å². The van der Waals surface area contributed by atoms with Crippen LogP contribution in [0.4, 0.5) is 4.39 Å². The Balaban J connectivity index is 1.72. The maximum atomic E-state index is 13.9. The number of hydrogen-bond acceptors (Lipinski definition) is 5. The predicted octanol–water partition coefficient (Wildman–Crippen LogP) is 1.85. The number of primary amides is 1. The molecule has 1 aromatic carbocycles. The SMILES string of the molecule is NC(=O)c1csnc1OCc1cc(C(=O)NC2CC2)ccc1F. The van der Waals surface area contributed by atoms with Gasteiger partial charge in [-0.3, -0.25) is 9.59 Å². The molecular formula is C15H14FN3O3S. The quantitative estimate of drug-likeness (QED) is 0.842. The van der Waals surface area contributed by atoms with Crippen LogP contribution in [0.25, 0.3) is 0 Å². The van der Waals surface area contributed by atoms with Gasteiger partial charge >= 0.3 is 0 Å². The van der Waals surface area contributed by atoms with Crippen molar-refractivity contribution >= 4 is 23.3 Å². The highest BCUT2D eigenvalue weighted by Gasteiger charge is 2.24. The third kappa shape index (κ3) is 3.65. The van der Waals surface area contributed by atoms with Crippen molar-refractivity contribution in [2.45, 2.75) is 25.5 Å². The summed E-state index contributed by atoms with van der Waals surface area (Å²) in [5.74, 6) is -1.33. The first-order valence-electron chi connectivity index (χ1n) is 7.01. The van der Waals surface area contributed by atoms with Crippen molar-refractivity contribution in [3.8, 4) is 5.88 Å². The highest BCUT2D eigenvalue weighted by molar-refractivity contribution is 7.04. The van der Waals surface area contributed by atoms with Crippen molar-refractivity contribution in [2.24, 2.45) is 5.73 Å². The number of nitrogens with two attached hydrogens (primary N) is 1. The molecule has 1 aromatic heterocycles. The summed E-state index contributed by atoms with van der Waals surface area (Å²) < 4.78 is 23.1. The van der Waals surface area contributed by atoms with E-state index in [0.717, 1.165) is 24.4 Å². The van der Waals surface area contributed by atoms with Gasteiger partial charge < -0.3 is 15.8 Å². The Labute approximate surface area is 135 Å². The third-order valence-electron chi connectivity index (χ3n) is 3.39. The van der Waals surface area contributed by atoms with E-state index in [1.54, 1.807) is 0 Å². The Bertz CT molecular complexity index is 758. The molecule has 0 aliphatic heterocycles. The van der Waals surface area contributed by atoms with E-state index in [2.05, 4.69) is 9.69 Å². The van der Waals surface area contributed by atoms with Gasteiger partial charge in [-0.15, -0.1) is 0 Å². The maximum Gasteiger partial charge on any atom is 0.255 e. The Morgan fingerprint density at radius 1 is 1.43 bits per heavy atom. The molecule has 1 fully saturated rings. The van der Waals surface area contributed by atoms with E-state index in [0.29, 0.717) is 5.56 Å². The van der Waals surface area contributed by atoms with E-state index >= 15 is 0 Å². The van der Waals surface area contributed by atoms with Crippen molar-refractivity contribution in [1.29, 1.82) is 0 Å². The molecule has 0 spiro atoms. The van der Waals surface area contributed by atoms with E-state index in [9.17, 15) is 14.0 Å². The van der Waals surface area contributed by atoms with E-state index < -0.39 is 11.7 Å². The normalized spacial score (nSPS) is 13.6. The minimum atomic E-state index is -0.660. The molecule has 0 saturated heterocycles. The summed E-state index contributed by atoms with van der Waals surface area (Å²) in [6, 6.07) is 4.30. The molecule has 120 valence electrons. The number of carbonyl (C=O) groups is 2. The lowest BCUT2D eigenvalue weighted by Crippen LogP contribution is -2.25. The molecular weight excluding hydrogens is 321 g/mol. The fraction of sp³-hybridized carbons (Fsp3) is 0.267. The maximum absolute atomic E-state index is 13.9. The molecule has 2 aromatic rings.